The van der Waals surface area contributed by atoms with E-state index >= 15 is 0 Å². The van der Waals surface area contributed by atoms with Gasteiger partial charge in [-0.1, -0.05) is 52.7 Å². The molecule has 1 aliphatic rings. The van der Waals surface area contributed by atoms with Crippen molar-refractivity contribution < 1.29 is 34.2 Å². The summed E-state index contributed by atoms with van der Waals surface area (Å²) in [6, 6.07) is 1.17. The van der Waals surface area contributed by atoms with Crippen molar-refractivity contribution in [1.82, 2.24) is 20.9 Å². The SMILES string of the molecule is CC[C@H](C)[C@H](NC(=O)[C@@H](NC(=O)[C@@H](N)CCCCN)C(C)C)C(=O)N1CCC[C@H]1C(=O)N[C@@H](Cc1ccc(O)cc1)C(=O)O. The molecule has 1 aromatic carbocycles. The maximum atomic E-state index is 13.9. The molecule has 1 saturated heterocycles. The minimum absolute atomic E-state index is 0.00738. The Kier molecular flexibility index (Phi) is 14.6. The minimum atomic E-state index is -1.24. The monoisotopic (exact) mass is 618 g/mol. The van der Waals surface area contributed by atoms with E-state index in [-0.39, 0.29) is 30.6 Å². The smallest absolute Gasteiger partial charge is 0.326 e. The van der Waals surface area contributed by atoms with E-state index in [9.17, 15) is 34.2 Å². The van der Waals surface area contributed by atoms with Crippen LogP contribution in [0.1, 0.15) is 71.8 Å². The number of amides is 4. The van der Waals surface area contributed by atoms with Crippen molar-refractivity contribution in [1.29, 1.82) is 0 Å². The van der Waals surface area contributed by atoms with Gasteiger partial charge >= 0.3 is 5.97 Å². The van der Waals surface area contributed by atoms with Gasteiger partial charge in [0.05, 0.1) is 6.04 Å². The lowest BCUT2D eigenvalue weighted by Crippen LogP contribution is -2.60. The number of likely N-dealkylation sites (tertiary alicyclic amines) is 1. The highest BCUT2D eigenvalue weighted by Gasteiger charge is 2.41. The molecular formula is C31H50N6O7. The van der Waals surface area contributed by atoms with Gasteiger partial charge in [0, 0.05) is 13.0 Å². The van der Waals surface area contributed by atoms with Crippen LogP contribution in [-0.2, 0) is 30.4 Å². The van der Waals surface area contributed by atoms with Crippen molar-refractivity contribution in [2.24, 2.45) is 23.3 Å². The third-order valence-electron chi connectivity index (χ3n) is 8.16. The van der Waals surface area contributed by atoms with E-state index in [1.54, 1.807) is 26.0 Å². The maximum absolute atomic E-state index is 13.9. The van der Waals surface area contributed by atoms with Crippen molar-refractivity contribution >= 4 is 29.6 Å². The summed E-state index contributed by atoms with van der Waals surface area (Å²) in [5.74, 6) is -3.80. The minimum Gasteiger partial charge on any atom is -0.508 e. The summed E-state index contributed by atoms with van der Waals surface area (Å²) in [5, 5.41) is 27.4. The van der Waals surface area contributed by atoms with Crippen LogP contribution in [0, 0.1) is 11.8 Å². The van der Waals surface area contributed by atoms with Crippen molar-refractivity contribution in [3.8, 4) is 5.75 Å². The van der Waals surface area contributed by atoms with E-state index in [4.69, 9.17) is 11.5 Å². The average Bonchev–Trinajstić information content (AvgIpc) is 3.48. The van der Waals surface area contributed by atoms with E-state index in [1.165, 1.54) is 17.0 Å². The zero-order chi connectivity index (χ0) is 33.0. The fourth-order valence-corrected chi connectivity index (χ4v) is 5.18. The number of phenolic OH excluding ortho intramolecular Hbond substituents is 1. The fraction of sp³-hybridized carbons (Fsp3) is 0.645. The van der Waals surface area contributed by atoms with E-state index in [0.717, 1.165) is 6.42 Å². The van der Waals surface area contributed by atoms with E-state index in [0.29, 0.717) is 44.2 Å². The number of hydrogen-bond acceptors (Lipinski definition) is 8. The van der Waals surface area contributed by atoms with Gasteiger partial charge in [-0.05, 0) is 61.8 Å². The fourth-order valence-electron chi connectivity index (χ4n) is 5.18. The molecule has 0 aliphatic carbocycles. The number of nitrogens with two attached hydrogens (primary N) is 2. The van der Waals surface area contributed by atoms with E-state index in [1.807, 2.05) is 13.8 Å². The highest BCUT2D eigenvalue weighted by atomic mass is 16.4. The Morgan fingerprint density at radius 3 is 2.18 bits per heavy atom. The van der Waals surface area contributed by atoms with Crippen molar-refractivity contribution in [3.63, 3.8) is 0 Å². The molecule has 0 unspecified atom stereocenters. The molecule has 0 aromatic heterocycles. The van der Waals surface area contributed by atoms with Crippen LogP contribution in [0.4, 0.5) is 0 Å². The van der Waals surface area contributed by atoms with Crippen LogP contribution in [0.25, 0.3) is 0 Å². The van der Waals surface area contributed by atoms with Gasteiger partial charge in [0.15, 0.2) is 0 Å². The lowest BCUT2D eigenvalue weighted by Gasteiger charge is -2.33. The normalized spacial score (nSPS) is 18.2. The molecule has 1 fully saturated rings. The van der Waals surface area contributed by atoms with Crippen LogP contribution in [0.2, 0.25) is 0 Å². The lowest BCUT2D eigenvalue weighted by atomic mass is 9.95. The zero-order valence-electron chi connectivity index (χ0n) is 26.3. The standard InChI is InChI=1S/C31H50N6O7/c1-5-19(4)26(36-29(41)25(18(2)3)35-27(39)22(33)9-6-7-15-32)30(42)37-16-8-10-24(37)28(40)34-23(31(43)44)17-20-11-13-21(38)14-12-20/h11-14,18-19,22-26,38H,5-10,15-17,32-33H2,1-4H3,(H,34,40)(H,35,39)(H,36,41)(H,43,44)/t19-,22-,23-,24-,25-,26-/m0/s1. The van der Waals surface area contributed by atoms with E-state index < -0.39 is 59.8 Å². The van der Waals surface area contributed by atoms with Crippen molar-refractivity contribution in [3.05, 3.63) is 29.8 Å². The number of aromatic hydroxyl groups is 1. The summed E-state index contributed by atoms with van der Waals surface area (Å²) in [6.07, 6.45) is 3.28. The second kappa shape index (κ2) is 17.6. The Morgan fingerprint density at radius 2 is 1.61 bits per heavy atom. The molecule has 0 spiro atoms. The number of benzene rings is 1. The van der Waals surface area contributed by atoms with Crippen LogP contribution in [0.3, 0.4) is 0 Å². The first-order valence-electron chi connectivity index (χ1n) is 15.5. The number of nitrogens with one attached hydrogen (secondary N) is 3. The quantitative estimate of drug-likeness (QED) is 0.122. The Hall–Kier alpha value is -3.71. The first-order chi connectivity index (χ1) is 20.8. The topological polar surface area (TPSA) is 217 Å². The molecule has 0 bridgehead atoms. The Bertz CT molecular complexity index is 1130. The summed E-state index contributed by atoms with van der Waals surface area (Å²) < 4.78 is 0. The first-order valence-corrected chi connectivity index (χ1v) is 15.5. The van der Waals surface area contributed by atoms with E-state index in [2.05, 4.69) is 16.0 Å². The van der Waals surface area contributed by atoms with Crippen molar-refractivity contribution in [2.45, 2.75) is 103 Å². The molecule has 4 amide bonds. The summed E-state index contributed by atoms with van der Waals surface area (Å²) in [6.45, 7) is 8.04. The molecule has 13 nitrogen and oxygen atoms in total. The second-order valence-electron chi connectivity index (χ2n) is 12.0. The van der Waals surface area contributed by atoms with Crippen LogP contribution in [0.15, 0.2) is 24.3 Å². The van der Waals surface area contributed by atoms with Gasteiger partial charge in [0.1, 0.15) is 29.9 Å². The summed E-state index contributed by atoms with van der Waals surface area (Å²) in [7, 11) is 0. The summed E-state index contributed by atoms with van der Waals surface area (Å²) in [4.78, 5) is 66.8. The Labute approximate surface area is 259 Å². The van der Waals surface area contributed by atoms with Gasteiger partial charge in [0.2, 0.25) is 23.6 Å². The maximum Gasteiger partial charge on any atom is 0.326 e. The van der Waals surface area contributed by atoms with Gasteiger partial charge in [0.25, 0.3) is 0 Å². The molecule has 0 saturated carbocycles. The lowest BCUT2D eigenvalue weighted by molar-refractivity contribution is -0.145. The van der Waals surface area contributed by atoms with Crippen LogP contribution >= 0.6 is 0 Å². The van der Waals surface area contributed by atoms with Gasteiger partial charge in [-0.2, -0.15) is 0 Å². The van der Waals surface area contributed by atoms with Gasteiger partial charge in [-0.15, -0.1) is 0 Å². The van der Waals surface area contributed by atoms with Crippen LogP contribution in [0.5, 0.6) is 5.75 Å². The Morgan fingerprint density at radius 1 is 0.977 bits per heavy atom. The second-order valence-corrected chi connectivity index (χ2v) is 12.0. The van der Waals surface area contributed by atoms with Gasteiger partial charge < -0.3 is 42.5 Å². The summed E-state index contributed by atoms with van der Waals surface area (Å²) in [5.41, 5.74) is 12.1. The van der Waals surface area contributed by atoms with Gasteiger partial charge in [-0.25, -0.2) is 4.79 Å². The highest BCUT2D eigenvalue weighted by Crippen LogP contribution is 2.22. The third kappa shape index (κ3) is 10.5. The number of carbonyl (C=O) groups excluding carboxylic acids is 4. The third-order valence-corrected chi connectivity index (χ3v) is 8.16. The number of hydrogen-bond donors (Lipinski definition) is 7. The molecule has 246 valence electrons. The molecule has 6 atom stereocenters. The average molecular weight is 619 g/mol. The molecule has 13 heteroatoms. The van der Waals surface area contributed by atoms with Crippen LogP contribution in [-0.4, -0.2) is 88.0 Å². The number of unbranched alkanes of at least 4 members (excludes halogenated alkanes) is 1. The number of phenols is 1. The molecule has 1 heterocycles. The molecule has 9 N–H and O–H groups in total. The predicted molar refractivity (Wildman–Crippen MR) is 165 cm³/mol. The zero-order valence-corrected chi connectivity index (χ0v) is 26.3. The number of nitrogens with zero attached hydrogens (tertiary/aromatic N) is 1. The van der Waals surface area contributed by atoms with Gasteiger partial charge in [-0.3, -0.25) is 19.2 Å². The Balaban J connectivity index is 2.16. The predicted octanol–water partition coefficient (Wildman–Crippen LogP) is 0.623. The van der Waals surface area contributed by atoms with Crippen LogP contribution < -0.4 is 27.4 Å². The number of rotatable bonds is 17. The molecule has 0 radical (unpaired) electrons. The first kappa shape index (κ1) is 36.5. The molecular weight excluding hydrogens is 568 g/mol. The molecule has 1 aliphatic heterocycles. The number of aliphatic carboxylic acids is 1. The summed E-state index contributed by atoms with van der Waals surface area (Å²) >= 11 is 0. The largest absolute Gasteiger partial charge is 0.508 e. The molecule has 44 heavy (non-hydrogen) atoms. The molecule has 1 aromatic rings. The number of carbonyl (C=O) groups is 5. The number of carboxylic acids is 1. The highest BCUT2D eigenvalue weighted by molar-refractivity contribution is 5.96. The number of carboxylic acid groups (broad SMARTS) is 1. The molecule has 2 rings (SSSR count). The van der Waals surface area contributed by atoms with Crippen molar-refractivity contribution in [2.75, 3.05) is 13.1 Å².